The van der Waals surface area contributed by atoms with E-state index in [1.54, 1.807) is 24.3 Å². The highest BCUT2D eigenvalue weighted by Gasteiger charge is 2.23. The number of nitrogens with zero attached hydrogens (tertiary/aromatic N) is 1. The summed E-state index contributed by atoms with van der Waals surface area (Å²) in [5.41, 5.74) is 1.78. The van der Waals surface area contributed by atoms with E-state index in [4.69, 9.17) is 16.3 Å². The largest absolute Gasteiger partial charge is 0.376 e. The minimum Gasteiger partial charge on any atom is -0.376 e. The Morgan fingerprint density at radius 1 is 0.964 bits per heavy atom. The third-order valence-electron chi connectivity index (χ3n) is 5.16. The van der Waals surface area contributed by atoms with Gasteiger partial charge < -0.3 is 9.64 Å². The van der Waals surface area contributed by atoms with Gasteiger partial charge in [0.05, 0.1) is 6.61 Å². The van der Waals surface area contributed by atoms with Gasteiger partial charge in [-0.05, 0) is 48.6 Å². The summed E-state index contributed by atoms with van der Waals surface area (Å²) in [4.78, 5) is 26.5. The Morgan fingerprint density at radius 2 is 1.64 bits per heavy atom. The van der Waals surface area contributed by atoms with Gasteiger partial charge in [0.15, 0.2) is 5.78 Å². The van der Waals surface area contributed by atoms with Gasteiger partial charge in [0, 0.05) is 43.1 Å². The summed E-state index contributed by atoms with van der Waals surface area (Å²) in [5.74, 6) is 0.531. The third-order valence-corrected chi connectivity index (χ3v) is 5.42. The summed E-state index contributed by atoms with van der Waals surface area (Å²) in [6, 6.07) is 17.0. The van der Waals surface area contributed by atoms with Crippen molar-refractivity contribution in [2.45, 2.75) is 32.3 Å². The van der Waals surface area contributed by atoms with Crippen molar-refractivity contribution >= 4 is 23.3 Å². The summed E-state index contributed by atoms with van der Waals surface area (Å²) in [5, 5.41) is 0.600. The lowest BCUT2D eigenvalue weighted by molar-refractivity contribution is -0.132. The van der Waals surface area contributed by atoms with Gasteiger partial charge in [-0.3, -0.25) is 9.59 Å². The molecule has 0 N–H and O–H groups in total. The molecule has 28 heavy (non-hydrogen) atoms. The molecule has 1 aliphatic heterocycles. The summed E-state index contributed by atoms with van der Waals surface area (Å²) in [7, 11) is 0. The maximum absolute atomic E-state index is 12.4. The number of ether oxygens (including phenoxy) is 1. The average Bonchev–Trinajstić information content (AvgIpc) is 2.73. The maximum atomic E-state index is 12.4. The molecule has 2 aromatic carbocycles. The number of piperidine rings is 1. The second-order valence-electron chi connectivity index (χ2n) is 7.25. The number of hydrogen-bond acceptors (Lipinski definition) is 3. The van der Waals surface area contributed by atoms with Gasteiger partial charge in [0.2, 0.25) is 5.91 Å². The molecule has 5 heteroatoms. The molecule has 2 aromatic rings. The van der Waals surface area contributed by atoms with Crippen LogP contribution < -0.4 is 0 Å². The van der Waals surface area contributed by atoms with E-state index in [-0.39, 0.29) is 24.5 Å². The van der Waals surface area contributed by atoms with Crippen LogP contribution in [0.5, 0.6) is 0 Å². The Labute approximate surface area is 171 Å². The number of hydrogen-bond donors (Lipinski definition) is 0. The van der Waals surface area contributed by atoms with Crippen LogP contribution in [0, 0.1) is 5.92 Å². The zero-order valence-corrected chi connectivity index (χ0v) is 16.7. The fraction of sp³-hybridized carbons (Fsp3) is 0.391. The van der Waals surface area contributed by atoms with E-state index in [2.05, 4.69) is 12.1 Å². The first-order chi connectivity index (χ1) is 13.6. The molecule has 0 saturated carbocycles. The van der Waals surface area contributed by atoms with Crippen molar-refractivity contribution in [3.63, 3.8) is 0 Å². The smallest absolute Gasteiger partial charge is 0.223 e. The van der Waals surface area contributed by atoms with Crippen molar-refractivity contribution in [3.8, 4) is 0 Å². The van der Waals surface area contributed by atoms with Crippen LogP contribution in [0.4, 0.5) is 0 Å². The van der Waals surface area contributed by atoms with Crippen LogP contribution in [0.2, 0.25) is 5.02 Å². The number of likely N-dealkylation sites (tertiary alicyclic amines) is 1. The highest BCUT2D eigenvalue weighted by Crippen LogP contribution is 2.19. The molecule has 0 atom stereocenters. The predicted octanol–water partition coefficient (Wildman–Crippen LogP) is 4.76. The summed E-state index contributed by atoms with van der Waals surface area (Å²) < 4.78 is 5.83. The molecule has 4 nitrogen and oxygen atoms in total. The Balaban J connectivity index is 1.34. The van der Waals surface area contributed by atoms with Crippen LogP contribution in [0.25, 0.3) is 0 Å². The second kappa shape index (κ2) is 10.4. The Morgan fingerprint density at radius 3 is 2.32 bits per heavy atom. The molecule has 1 saturated heterocycles. The quantitative estimate of drug-likeness (QED) is 0.601. The van der Waals surface area contributed by atoms with E-state index in [1.165, 1.54) is 5.56 Å². The molecule has 0 aromatic heterocycles. The molecule has 3 rings (SSSR count). The molecule has 1 heterocycles. The highest BCUT2D eigenvalue weighted by atomic mass is 35.5. The van der Waals surface area contributed by atoms with E-state index < -0.39 is 0 Å². The normalized spacial score (nSPS) is 14.8. The van der Waals surface area contributed by atoms with Crippen LogP contribution in [-0.4, -0.2) is 36.3 Å². The number of amides is 1. The molecule has 0 unspecified atom stereocenters. The third kappa shape index (κ3) is 6.18. The molecule has 1 fully saturated rings. The van der Waals surface area contributed by atoms with Gasteiger partial charge in [-0.15, -0.1) is 0 Å². The first-order valence-electron chi connectivity index (χ1n) is 9.80. The Kier molecular flexibility index (Phi) is 7.63. The van der Waals surface area contributed by atoms with Crippen LogP contribution in [0.1, 0.15) is 41.6 Å². The van der Waals surface area contributed by atoms with Crippen molar-refractivity contribution in [3.05, 3.63) is 70.7 Å². The standard InChI is InChI=1S/C23H26ClNO3/c24-21-8-6-20(7-9-21)22(26)10-11-23(27)25-14-12-19(13-15-25)17-28-16-18-4-2-1-3-5-18/h1-9,19H,10-17H2. The minimum absolute atomic E-state index is 0.0192. The molecular weight excluding hydrogens is 374 g/mol. The lowest BCUT2D eigenvalue weighted by atomic mass is 9.97. The lowest BCUT2D eigenvalue weighted by Gasteiger charge is -2.32. The number of carbonyl (C=O) groups is 2. The number of benzene rings is 2. The summed E-state index contributed by atoms with van der Waals surface area (Å²) >= 11 is 5.84. The second-order valence-corrected chi connectivity index (χ2v) is 7.69. The molecule has 0 radical (unpaired) electrons. The van der Waals surface area contributed by atoms with Gasteiger partial charge >= 0.3 is 0 Å². The average molecular weight is 400 g/mol. The van der Waals surface area contributed by atoms with Crippen molar-refractivity contribution in [2.24, 2.45) is 5.92 Å². The predicted molar refractivity (Wildman–Crippen MR) is 110 cm³/mol. The highest BCUT2D eigenvalue weighted by molar-refractivity contribution is 6.30. The van der Waals surface area contributed by atoms with Gasteiger partial charge in [-0.2, -0.15) is 0 Å². The molecule has 0 spiro atoms. The van der Waals surface area contributed by atoms with E-state index in [0.717, 1.165) is 32.5 Å². The van der Waals surface area contributed by atoms with Gasteiger partial charge in [0.25, 0.3) is 0 Å². The molecule has 0 aliphatic carbocycles. The first kappa shape index (κ1) is 20.6. The SMILES string of the molecule is O=C(CCC(=O)N1CCC(COCc2ccccc2)CC1)c1ccc(Cl)cc1. The van der Waals surface area contributed by atoms with E-state index in [0.29, 0.717) is 23.1 Å². The van der Waals surface area contributed by atoms with Crippen molar-refractivity contribution in [1.82, 2.24) is 4.90 Å². The first-order valence-corrected chi connectivity index (χ1v) is 10.2. The Hall–Kier alpha value is -2.17. The van der Waals surface area contributed by atoms with E-state index >= 15 is 0 Å². The molecule has 0 bridgehead atoms. The van der Waals surface area contributed by atoms with E-state index in [1.807, 2.05) is 23.1 Å². The van der Waals surface area contributed by atoms with Crippen LogP contribution in [-0.2, 0) is 16.1 Å². The van der Waals surface area contributed by atoms with Gasteiger partial charge in [0.1, 0.15) is 0 Å². The minimum atomic E-state index is -0.0192. The monoisotopic (exact) mass is 399 g/mol. The molecular formula is C23H26ClNO3. The summed E-state index contributed by atoms with van der Waals surface area (Å²) in [6.07, 6.45) is 2.40. The van der Waals surface area contributed by atoms with Crippen LogP contribution in [0.3, 0.4) is 0 Å². The molecule has 1 aliphatic rings. The topological polar surface area (TPSA) is 46.6 Å². The van der Waals surface area contributed by atoms with Gasteiger partial charge in [-0.25, -0.2) is 0 Å². The lowest BCUT2D eigenvalue weighted by Crippen LogP contribution is -2.39. The zero-order chi connectivity index (χ0) is 19.8. The van der Waals surface area contributed by atoms with Crippen molar-refractivity contribution < 1.29 is 14.3 Å². The number of rotatable bonds is 8. The molecule has 148 valence electrons. The van der Waals surface area contributed by atoms with Crippen LogP contribution >= 0.6 is 11.6 Å². The maximum Gasteiger partial charge on any atom is 0.223 e. The van der Waals surface area contributed by atoms with Gasteiger partial charge in [-0.1, -0.05) is 41.9 Å². The van der Waals surface area contributed by atoms with E-state index in [9.17, 15) is 9.59 Å². The van der Waals surface area contributed by atoms with Crippen molar-refractivity contribution in [2.75, 3.05) is 19.7 Å². The number of Topliss-reactive ketones (excluding diaryl/α,β-unsaturated/α-hetero) is 1. The number of halogens is 1. The molecule has 1 amide bonds. The number of ketones is 1. The van der Waals surface area contributed by atoms with Crippen molar-refractivity contribution in [1.29, 1.82) is 0 Å². The fourth-order valence-corrected chi connectivity index (χ4v) is 3.55. The Bertz CT molecular complexity index is 768. The zero-order valence-electron chi connectivity index (χ0n) is 16.0. The number of carbonyl (C=O) groups excluding carboxylic acids is 2. The summed E-state index contributed by atoms with van der Waals surface area (Å²) in [6.45, 7) is 2.85. The fourth-order valence-electron chi connectivity index (χ4n) is 3.43. The van der Waals surface area contributed by atoms with Crippen LogP contribution in [0.15, 0.2) is 54.6 Å².